The minimum absolute atomic E-state index is 0.174. The van der Waals surface area contributed by atoms with Crippen LogP contribution in [0.2, 0.25) is 0 Å². The smallest absolute Gasteiger partial charge is 0.0586 e. The zero-order chi connectivity index (χ0) is 10.1. The van der Waals surface area contributed by atoms with Crippen molar-refractivity contribution in [3.8, 4) is 0 Å². The highest BCUT2D eigenvalue weighted by Gasteiger charge is 2.21. The van der Waals surface area contributed by atoms with Gasteiger partial charge in [-0.15, -0.1) is 0 Å². The predicted molar refractivity (Wildman–Crippen MR) is 57.3 cm³/mol. The molecule has 0 aliphatic heterocycles. The lowest BCUT2D eigenvalue weighted by molar-refractivity contribution is 0.648. The molecule has 1 nitrogen and oxygen atoms in total. The van der Waals surface area contributed by atoms with Gasteiger partial charge in [0.05, 0.1) is 10.8 Å². The lowest BCUT2D eigenvalue weighted by Gasteiger charge is -2.18. The van der Waals surface area contributed by atoms with Crippen molar-refractivity contribution < 1.29 is 4.21 Å². The highest BCUT2D eigenvalue weighted by atomic mass is 32.2. The molecule has 0 heterocycles. The molecule has 0 saturated carbocycles. The maximum atomic E-state index is 12.0. The molecular weight excluding hydrogens is 180 g/mol. The van der Waals surface area contributed by atoms with Crippen molar-refractivity contribution in [1.29, 1.82) is 0 Å². The molecule has 72 valence electrons. The van der Waals surface area contributed by atoms with Gasteiger partial charge < -0.3 is 0 Å². The van der Waals surface area contributed by atoms with Crippen LogP contribution in [0.5, 0.6) is 0 Å². The average molecular weight is 196 g/mol. The molecule has 1 atom stereocenters. The largest absolute Gasteiger partial charge is 0.254 e. The second kappa shape index (κ2) is 3.62. The molecule has 0 aromatic heterocycles. The first kappa shape index (κ1) is 10.5. The van der Waals surface area contributed by atoms with Crippen LogP contribution in [0.15, 0.2) is 29.2 Å². The standard InChI is InChI=1S/C11H16OS/c1-9-7-5-6-8-10(9)13(12)11(2,3)4/h5-8H,1-4H3. The molecule has 13 heavy (non-hydrogen) atoms. The number of hydrogen-bond acceptors (Lipinski definition) is 1. The maximum absolute atomic E-state index is 12.0. The van der Waals surface area contributed by atoms with E-state index in [0.717, 1.165) is 10.5 Å². The van der Waals surface area contributed by atoms with E-state index < -0.39 is 10.8 Å². The van der Waals surface area contributed by atoms with Gasteiger partial charge in [-0.2, -0.15) is 0 Å². The molecule has 0 bridgehead atoms. The summed E-state index contributed by atoms with van der Waals surface area (Å²) in [6, 6.07) is 7.85. The van der Waals surface area contributed by atoms with E-state index in [0.29, 0.717) is 0 Å². The van der Waals surface area contributed by atoms with Crippen LogP contribution in [0, 0.1) is 6.92 Å². The molecule has 0 saturated heterocycles. The van der Waals surface area contributed by atoms with Gasteiger partial charge in [0, 0.05) is 9.64 Å². The Balaban J connectivity index is 3.10. The van der Waals surface area contributed by atoms with Crippen molar-refractivity contribution in [3.05, 3.63) is 29.8 Å². The van der Waals surface area contributed by atoms with Crippen molar-refractivity contribution >= 4 is 10.8 Å². The minimum atomic E-state index is -0.912. The fourth-order valence-electron chi connectivity index (χ4n) is 1.09. The normalized spacial score (nSPS) is 14.2. The molecule has 0 fully saturated rings. The summed E-state index contributed by atoms with van der Waals surface area (Å²) >= 11 is 0. The molecule has 2 heteroatoms. The Kier molecular flexibility index (Phi) is 2.91. The van der Waals surface area contributed by atoms with Gasteiger partial charge in [-0.1, -0.05) is 18.2 Å². The van der Waals surface area contributed by atoms with Gasteiger partial charge in [-0.25, -0.2) is 0 Å². The zero-order valence-electron chi connectivity index (χ0n) is 8.63. The molecule has 1 aromatic rings. The van der Waals surface area contributed by atoms with Gasteiger partial charge in [-0.3, -0.25) is 4.21 Å². The van der Waals surface area contributed by atoms with Crippen LogP contribution in [-0.2, 0) is 10.8 Å². The molecule has 1 unspecified atom stereocenters. The molecular formula is C11H16OS. The third-order valence-corrected chi connectivity index (χ3v) is 3.82. The third kappa shape index (κ3) is 2.41. The Morgan fingerprint density at radius 2 is 1.69 bits per heavy atom. The topological polar surface area (TPSA) is 17.1 Å². The van der Waals surface area contributed by atoms with Gasteiger partial charge >= 0.3 is 0 Å². The SMILES string of the molecule is Cc1ccccc1S(=O)C(C)(C)C. The van der Waals surface area contributed by atoms with E-state index >= 15 is 0 Å². The Morgan fingerprint density at radius 3 is 2.15 bits per heavy atom. The fourth-order valence-corrected chi connectivity index (χ4v) is 2.32. The van der Waals surface area contributed by atoms with Crippen LogP contribution in [0.4, 0.5) is 0 Å². The highest BCUT2D eigenvalue weighted by Crippen LogP contribution is 2.22. The quantitative estimate of drug-likeness (QED) is 0.675. The Labute approximate surface area is 82.6 Å². The summed E-state index contributed by atoms with van der Waals surface area (Å²) in [4.78, 5) is 0.954. The predicted octanol–water partition coefficient (Wildman–Crippen LogP) is 2.90. The van der Waals surface area contributed by atoms with Gasteiger partial charge in [0.1, 0.15) is 0 Å². The van der Waals surface area contributed by atoms with Crippen molar-refractivity contribution in [2.24, 2.45) is 0 Å². The molecule has 1 rings (SSSR count). The molecule has 0 aliphatic rings. The lowest BCUT2D eigenvalue weighted by atomic mass is 10.2. The van der Waals surface area contributed by atoms with Gasteiger partial charge in [0.2, 0.25) is 0 Å². The van der Waals surface area contributed by atoms with Gasteiger partial charge in [0.25, 0.3) is 0 Å². The molecule has 0 amide bonds. The van der Waals surface area contributed by atoms with Crippen LogP contribution in [0.25, 0.3) is 0 Å². The summed E-state index contributed by atoms with van der Waals surface area (Å²) in [7, 11) is -0.912. The summed E-state index contributed by atoms with van der Waals surface area (Å²) in [5.74, 6) is 0. The highest BCUT2D eigenvalue weighted by molar-refractivity contribution is 7.86. The van der Waals surface area contributed by atoms with E-state index in [1.165, 1.54) is 0 Å². The van der Waals surface area contributed by atoms with Crippen LogP contribution >= 0.6 is 0 Å². The van der Waals surface area contributed by atoms with Crippen molar-refractivity contribution in [2.45, 2.75) is 37.3 Å². The number of aryl methyl sites for hydroxylation is 1. The molecule has 0 N–H and O–H groups in total. The summed E-state index contributed by atoms with van der Waals surface area (Å²) < 4.78 is 11.8. The third-order valence-electron chi connectivity index (χ3n) is 1.85. The van der Waals surface area contributed by atoms with E-state index in [4.69, 9.17) is 0 Å². The maximum Gasteiger partial charge on any atom is 0.0586 e. The molecule has 1 aromatic carbocycles. The van der Waals surface area contributed by atoms with Crippen LogP contribution in [-0.4, -0.2) is 8.96 Å². The molecule has 0 spiro atoms. The monoisotopic (exact) mass is 196 g/mol. The van der Waals surface area contributed by atoms with Crippen molar-refractivity contribution in [1.82, 2.24) is 0 Å². The van der Waals surface area contributed by atoms with Gasteiger partial charge in [0.15, 0.2) is 0 Å². The summed E-state index contributed by atoms with van der Waals surface area (Å²) in [6.45, 7) is 7.99. The first-order chi connectivity index (χ1) is 5.93. The van der Waals surface area contributed by atoms with E-state index in [1.54, 1.807) is 0 Å². The van der Waals surface area contributed by atoms with E-state index in [1.807, 2.05) is 52.0 Å². The average Bonchev–Trinajstić information content (AvgIpc) is 2.02. The van der Waals surface area contributed by atoms with Crippen LogP contribution < -0.4 is 0 Å². The number of rotatable bonds is 1. The van der Waals surface area contributed by atoms with E-state index in [-0.39, 0.29) is 4.75 Å². The van der Waals surface area contributed by atoms with E-state index in [9.17, 15) is 4.21 Å². The minimum Gasteiger partial charge on any atom is -0.254 e. The van der Waals surface area contributed by atoms with Crippen molar-refractivity contribution in [2.75, 3.05) is 0 Å². The van der Waals surface area contributed by atoms with Crippen LogP contribution in [0.3, 0.4) is 0 Å². The Bertz CT molecular complexity index is 323. The second-order valence-corrected chi connectivity index (χ2v) is 6.35. The zero-order valence-corrected chi connectivity index (χ0v) is 9.44. The fraction of sp³-hybridized carbons (Fsp3) is 0.455. The number of benzene rings is 1. The Hall–Kier alpha value is -0.630. The first-order valence-corrected chi connectivity index (χ1v) is 5.55. The summed E-state index contributed by atoms with van der Waals surface area (Å²) in [5, 5.41) is 0. The Morgan fingerprint density at radius 1 is 1.15 bits per heavy atom. The number of hydrogen-bond donors (Lipinski definition) is 0. The van der Waals surface area contributed by atoms with E-state index in [2.05, 4.69) is 0 Å². The summed E-state index contributed by atoms with van der Waals surface area (Å²) in [5.41, 5.74) is 1.11. The second-order valence-electron chi connectivity index (χ2n) is 4.15. The lowest BCUT2D eigenvalue weighted by Crippen LogP contribution is -2.22. The summed E-state index contributed by atoms with van der Waals surface area (Å²) in [6.07, 6.45) is 0. The molecule has 0 aliphatic carbocycles. The van der Waals surface area contributed by atoms with Crippen molar-refractivity contribution in [3.63, 3.8) is 0 Å². The van der Waals surface area contributed by atoms with Crippen LogP contribution in [0.1, 0.15) is 26.3 Å². The molecule has 0 radical (unpaired) electrons. The first-order valence-electron chi connectivity index (χ1n) is 4.40. The van der Waals surface area contributed by atoms with Gasteiger partial charge in [-0.05, 0) is 39.3 Å².